The predicted octanol–water partition coefficient (Wildman–Crippen LogP) is 3.19. The molecule has 0 amide bonds. The molecule has 1 aromatic heterocycles. The van der Waals surface area contributed by atoms with Crippen molar-refractivity contribution in [3.63, 3.8) is 0 Å². The molecule has 3 heterocycles. The van der Waals surface area contributed by atoms with Crippen LogP contribution < -0.4 is 10.1 Å². The molecule has 0 bridgehead atoms. The standard InChI is InChI=1S/C19H25F2N5O/c1-27-17-7-3-2-5-14(17)11-25-8-4-6-13(10-25)15-9-16(18(20)21)26-19(24-15)22-12-23-26/h2-3,5,7,12-13,15-16,18H,4,6,8-11H2,1H3,(H,22,23,24)/t13?,15-,16+/m0/s1. The van der Waals surface area contributed by atoms with Crippen molar-refractivity contribution < 1.29 is 13.5 Å². The molecule has 1 saturated heterocycles. The van der Waals surface area contributed by atoms with Gasteiger partial charge in [-0.1, -0.05) is 18.2 Å². The predicted molar refractivity (Wildman–Crippen MR) is 98.1 cm³/mol. The van der Waals surface area contributed by atoms with Crippen molar-refractivity contribution in [1.29, 1.82) is 0 Å². The van der Waals surface area contributed by atoms with Crippen LogP contribution in [0, 0.1) is 5.92 Å². The van der Waals surface area contributed by atoms with E-state index in [-0.39, 0.29) is 6.04 Å². The number of para-hydroxylation sites is 1. The highest BCUT2D eigenvalue weighted by molar-refractivity contribution is 5.33. The Labute approximate surface area is 157 Å². The van der Waals surface area contributed by atoms with Crippen LogP contribution in [0.15, 0.2) is 30.6 Å². The zero-order valence-corrected chi connectivity index (χ0v) is 15.4. The Balaban J connectivity index is 1.45. The summed E-state index contributed by atoms with van der Waals surface area (Å²) in [6.45, 7) is 2.69. The maximum absolute atomic E-state index is 13.5. The fourth-order valence-electron chi connectivity index (χ4n) is 4.34. The lowest BCUT2D eigenvalue weighted by Crippen LogP contribution is -2.46. The van der Waals surface area contributed by atoms with Crippen molar-refractivity contribution in [2.75, 3.05) is 25.5 Å². The number of nitrogens with one attached hydrogen (secondary N) is 1. The Morgan fingerprint density at radius 3 is 3.00 bits per heavy atom. The van der Waals surface area contributed by atoms with E-state index in [0.29, 0.717) is 18.3 Å². The van der Waals surface area contributed by atoms with Crippen molar-refractivity contribution in [1.82, 2.24) is 19.7 Å². The number of piperidine rings is 1. The third-order valence-electron chi connectivity index (χ3n) is 5.69. The lowest BCUT2D eigenvalue weighted by Gasteiger charge is -2.40. The van der Waals surface area contributed by atoms with E-state index in [4.69, 9.17) is 4.74 Å². The topological polar surface area (TPSA) is 55.2 Å². The number of nitrogens with zero attached hydrogens (tertiary/aromatic N) is 4. The van der Waals surface area contributed by atoms with E-state index in [2.05, 4.69) is 26.4 Å². The lowest BCUT2D eigenvalue weighted by atomic mass is 9.86. The number of aromatic nitrogens is 3. The van der Waals surface area contributed by atoms with E-state index in [0.717, 1.165) is 43.8 Å². The van der Waals surface area contributed by atoms with Gasteiger partial charge in [0, 0.05) is 24.7 Å². The smallest absolute Gasteiger partial charge is 0.260 e. The highest BCUT2D eigenvalue weighted by Gasteiger charge is 2.38. The molecule has 0 spiro atoms. The Morgan fingerprint density at radius 1 is 1.33 bits per heavy atom. The van der Waals surface area contributed by atoms with Gasteiger partial charge in [-0.25, -0.2) is 13.5 Å². The first-order valence-corrected chi connectivity index (χ1v) is 9.44. The van der Waals surface area contributed by atoms with Gasteiger partial charge in [-0.2, -0.15) is 10.1 Å². The maximum Gasteiger partial charge on any atom is 0.260 e. The van der Waals surface area contributed by atoms with Gasteiger partial charge in [-0.3, -0.25) is 4.90 Å². The molecule has 2 aliphatic rings. The van der Waals surface area contributed by atoms with Crippen LogP contribution in [0.5, 0.6) is 5.75 Å². The summed E-state index contributed by atoms with van der Waals surface area (Å²) < 4.78 is 33.8. The molecule has 2 aliphatic heterocycles. The van der Waals surface area contributed by atoms with E-state index in [1.54, 1.807) is 7.11 Å². The summed E-state index contributed by atoms with van der Waals surface area (Å²) in [5.74, 6) is 1.65. The molecule has 1 N–H and O–H groups in total. The molecule has 27 heavy (non-hydrogen) atoms. The van der Waals surface area contributed by atoms with Crippen LogP contribution in [0.25, 0.3) is 0 Å². The number of anilines is 1. The molecule has 0 saturated carbocycles. The molecule has 0 aliphatic carbocycles. The summed E-state index contributed by atoms with van der Waals surface area (Å²) in [4.78, 5) is 6.51. The number of hydrogen-bond donors (Lipinski definition) is 1. The second-order valence-corrected chi connectivity index (χ2v) is 7.37. The van der Waals surface area contributed by atoms with Gasteiger partial charge in [0.1, 0.15) is 18.1 Å². The largest absolute Gasteiger partial charge is 0.496 e. The Bertz CT molecular complexity index is 768. The van der Waals surface area contributed by atoms with Crippen LogP contribution in [0.4, 0.5) is 14.7 Å². The third-order valence-corrected chi connectivity index (χ3v) is 5.69. The zero-order chi connectivity index (χ0) is 18.8. The molecule has 0 radical (unpaired) electrons. The number of alkyl halides is 2. The number of methoxy groups -OCH3 is 1. The van der Waals surface area contributed by atoms with Crippen LogP contribution in [0.1, 0.15) is 30.9 Å². The molecule has 4 rings (SSSR count). The monoisotopic (exact) mass is 377 g/mol. The quantitative estimate of drug-likeness (QED) is 0.867. The molecule has 1 aromatic carbocycles. The Morgan fingerprint density at radius 2 is 2.19 bits per heavy atom. The van der Waals surface area contributed by atoms with E-state index >= 15 is 0 Å². The number of likely N-dealkylation sites (tertiary alicyclic amines) is 1. The molecule has 6 nitrogen and oxygen atoms in total. The second kappa shape index (κ2) is 7.80. The minimum absolute atomic E-state index is 0.0128. The highest BCUT2D eigenvalue weighted by atomic mass is 19.3. The minimum atomic E-state index is -2.44. The average Bonchev–Trinajstić information content (AvgIpc) is 3.16. The highest BCUT2D eigenvalue weighted by Crippen LogP contribution is 2.35. The van der Waals surface area contributed by atoms with Gasteiger partial charge in [0.15, 0.2) is 0 Å². The van der Waals surface area contributed by atoms with Crippen LogP contribution in [0.3, 0.4) is 0 Å². The van der Waals surface area contributed by atoms with E-state index in [1.807, 2.05) is 18.2 Å². The molecule has 2 aromatic rings. The van der Waals surface area contributed by atoms with Crippen molar-refractivity contribution in [2.45, 2.75) is 44.3 Å². The summed E-state index contributed by atoms with van der Waals surface area (Å²) in [7, 11) is 1.68. The molecular formula is C19H25F2N5O. The molecule has 146 valence electrons. The van der Waals surface area contributed by atoms with Crippen LogP contribution in [-0.2, 0) is 6.54 Å². The summed E-state index contributed by atoms with van der Waals surface area (Å²) in [6.07, 6.45) is 1.37. The first-order valence-electron chi connectivity index (χ1n) is 9.44. The summed E-state index contributed by atoms with van der Waals surface area (Å²) in [6, 6.07) is 7.12. The van der Waals surface area contributed by atoms with Crippen LogP contribution in [0.2, 0.25) is 0 Å². The van der Waals surface area contributed by atoms with Gasteiger partial charge in [-0.15, -0.1) is 0 Å². The van der Waals surface area contributed by atoms with Gasteiger partial charge in [0.25, 0.3) is 6.43 Å². The van der Waals surface area contributed by atoms with Gasteiger partial charge < -0.3 is 10.1 Å². The van der Waals surface area contributed by atoms with Crippen molar-refractivity contribution in [2.24, 2.45) is 5.92 Å². The lowest BCUT2D eigenvalue weighted by molar-refractivity contribution is 0.0550. The number of hydrogen-bond acceptors (Lipinski definition) is 5. The SMILES string of the molecule is COc1ccccc1CN1CCCC([C@@H]2C[C@H](C(F)F)n3ncnc3N2)C1. The molecule has 1 unspecified atom stereocenters. The normalized spacial score (nSPS) is 25.9. The average molecular weight is 377 g/mol. The number of rotatable bonds is 5. The summed E-state index contributed by atoms with van der Waals surface area (Å²) >= 11 is 0. The summed E-state index contributed by atoms with van der Waals surface area (Å²) in [5, 5.41) is 7.31. The first-order chi connectivity index (χ1) is 13.2. The van der Waals surface area contributed by atoms with Gasteiger partial charge in [-0.05, 0) is 37.8 Å². The molecular weight excluding hydrogens is 352 g/mol. The Kier molecular flexibility index (Phi) is 5.24. The van der Waals surface area contributed by atoms with Crippen molar-refractivity contribution in [3.05, 3.63) is 36.2 Å². The number of halogens is 2. The van der Waals surface area contributed by atoms with Crippen molar-refractivity contribution in [3.8, 4) is 5.75 Å². The number of ether oxygens (including phenoxy) is 1. The maximum atomic E-state index is 13.5. The number of fused-ring (bicyclic) bond motifs is 1. The van der Waals surface area contributed by atoms with E-state index in [1.165, 1.54) is 11.0 Å². The van der Waals surface area contributed by atoms with E-state index in [9.17, 15) is 8.78 Å². The molecule has 8 heteroatoms. The fourth-order valence-corrected chi connectivity index (χ4v) is 4.34. The van der Waals surface area contributed by atoms with Crippen LogP contribution in [-0.4, -0.2) is 52.3 Å². The van der Waals surface area contributed by atoms with Crippen LogP contribution >= 0.6 is 0 Å². The third kappa shape index (κ3) is 3.76. The second-order valence-electron chi connectivity index (χ2n) is 7.37. The van der Waals surface area contributed by atoms with E-state index < -0.39 is 12.5 Å². The van der Waals surface area contributed by atoms with Gasteiger partial charge in [0.05, 0.1) is 7.11 Å². The van der Waals surface area contributed by atoms with Gasteiger partial charge in [0.2, 0.25) is 5.95 Å². The number of benzene rings is 1. The molecule has 3 atom stereocenters. The molecule has 1 fully saturated rings. The Hall–Kier alpha value is -2.22. The fraction of sp³-hybridized carbons (Fsp3) is 0.579. The first kappa shape index (κ1) is 18.2. The summed E-state index contributed by atoms with van der Waals surface area (Å²) in [5.41, 5.74) is 1.16. The zero-order valence-electron chi connectivity index (χ0n) is 15.4. The van der Waals surface area contributed by atoms with Gasteiger partial charge >= 0.3 is 0 Å². The minimum Gasteiger partial charge on any atom is -0.496 e. The van der Waals surface area contributed by atoms with Crippen molar-refractivity contribution >= 4 is 5.95 Å².